The molecule has 0 spiro atoms. The van der Waals surface area contributed by atoms with Gasteiger partial charge in [-0.3, -0.25) is 0 Å². The molecule has 2 rings (SSSR count). The minimum absolute atomic E-state index is 0.0948. The fourth-order valence-electron chi connectivity index (χ4n) is 2.18. The number of hydrogen-bond donors (Lipinski definition) is 1. The van der Waals surface area contributed by atoms with Crippen LogP contribution in [0.25, 0.3) is 0 Å². The first-order valence-electron chi connectivity index (χ1n) is 6.42. The molecule has 0 unspecified atom stereocenters. The molecular formula is C14H20FNO. The molecule has 0 atom stereocenters. The minimum Gasteiger partial charge on any atom is -0.392 e. The molecule has 0 saturated heterocycles. The van der Waals surface area contributed by atoms with Crippen molar-refractivity contribution in [2.24, 2.45) is 0 Å². The lowest BCUT2D eigenvalue weighted by molar-refractivity contribution is 0.281. The minimum atomic E-state index is -0.274. The molecule has 0 heterocycles. The van der Waals surface area contributed by atoms with E-state index in [0.29, 0.717) is 11.6 Å². The standard InChI is InChI=1S/C14H20FNO/c1-2-3-8-16(13-5-6-13)14-7-4-12(15)9-11(14)10-17/h4,7,9,13,17H,2-3,5-6,8,10H2,1H3. The number of nitrogens with zero attached hydrogens (tertiary/aromatic N) is 1. The third-order valence-electron chi connectivity index (χ3n) is 3.26. The van der Waals surface area contributed by atoms with Crippen molar-refractivity contribution in [2.75, 3.05) is 11.4 Å². The van der Waals surface area contributed by atoms with E-state index in [-0.39, 0.29) is 12.4 Å². The van der Waals surface area contributed by atoms with Gasteiger partial charge in [-0.25, -0.2) is 4.39 Å². The number of unbranched alkanes of at least 4 members (excludes halogenated alkanes) is 1. The predicted octanol–water partition coefficient (Wildman–Crippen LogP) is 3.09. The maximum Gasteiger partial charge on any atom is 0.123 e. The molecule has 2 nitrogen and oxygen atoms in total. The number of aliphatic hydroxyl groups is 1. The van der Waals surface area contributed by atoms with E-state index in [1.54, 1.807) is 6.07 Å². The van der Waals surface area contributed by atoms with Gasteiger partial charge in [-0.05, 0) is 37.5 Å². The van der Waals surface area contributed by atoms with Gasteiger partial charge < -0.3 is 10.0 Å². The van der Waals surface area contributed by atoms with Gasteiger partial charge in [0.2, 0.25) is 0 Å². The van der Waals surface area contributed by atoms with Crippen LogP contribution in [-0.4, -0.2) is 17.7 Å². The highest BCUT2D eigenvalue weighted by Crippen LogP contribution is 2.34. The third-order valence-corrected chi connectivity index (χ3v) is 3.26. The van der Waals surface area contributed by atoms with Crippen LogP contribution < -0.4 is 4.90 Å². The van der Waals surface area contributed by atoms with E-state index in [9.17, 15) is 9.50 Å². The van der Waals surface area contributed by atoms with Crippen LogP contribution in [0.5, 0.6) is 0 Å². The Morgan fingerprint density at radius 3 is 2.76 bits per heavy atom. The van der Waals surface area contributed by atoms with E-state index < -0.39 is 0 Å². The van der Waals surface area contributed by atoms with Gasteiger partial charge in [-0.1, -0.05) is 13.3 Å². The molecule has 0 aromatic heterocycles. The normalized spacial score (nSPS) is 15.0. The van der Waals surface area contributed by atoms with Gasteiger partial charge in [0.1, 0.15) is 5.82 Å². The molecule has 1 aromatic carbocycles. The molecule has 3 heteroatoms. The van der Waals surface area contributed by atoms with Crippen LogP contribution >= 0.6 is 0 Å². The van der Waals surface area contributed by atoms with Crippen LogP contribution in [0.3, 0.4) is 0 Å². The summed E-state index contributed by atoms with van der Waals surface area (Å²) < 4.78 is 13.1. The molecule has 1 saturated carbocycles. The Balaban J connectivity index is 2.21. The van der Waals surface area contributed by atoms with Crippen LogP contribution in [0.4, 0.5) is 10.1 Å². The smallest absolute Gasteiger partial charge is 0.123 e. The van der Waals surface area contributed by atoms with Crippen LogP contribution in [0.2, 0.25) is 0 Å². The summed E-state index contributed by atoms with van der Waals surface area (Å²) >= 11 is 0. The first kappa shape index (κ1) is 12.4. The number of benzene rings is 1. The average molecular weight is 237 g/mol. The van der Waals surface area contributed by atoms with Crippen molar-refractivity contribution >= 4 is 5.69 Å². The van der Waals surface area contributed by atoms with Gasteiger partial charge >= 0.3 is 0 Å². The van der Waals surface area contributed by atoms with E-state index in [0.717, 1.165) is 25.1 Å². The van der Waals surface area contributed by atoms with Gasteiger partial charge in [0, 0.05) is 23.8 Å². The molecule has 1 aromatic rings. The van der Waals surface area contributed by atoms with Crippen LogP contribution in [-0.2, 0) is 6.61 Å². The number of aliphatic hydroxyl groups excluding tert-OH is 1. The first-order valence-corrected chi connectivity index (χ1v) is 6.42. The second-order valence-electron chi connectivity index (χ2n) is 4.71. The van der Waals surface area contributed by atoms with Gasteiger partial charge in [0.15, 0.2) is 0 Å². The molecule has 1 aliphatic rings. The Morgan fingerprint density at radius 1 is 1.41 bits per heavy atom. The third kappa shape index (κ3) is 2.97. The maximum atomic E-state index is 13.1. The largest absolute Gasteiger partial charge is 0.392 e. The molecule has 0 bridgehead atoms. The topological polar surface area (TPSA) is 23.5 Å². The number of rotatable bonds is 6. The molecular weight excluding hydrogens is 217 g/mol. The predicted molar refractivity (Wildman–Crippen MR) is 67.6 cm³/mol. The van der Waals surface area contributed by atoms with Gasteiger partial charge in [0.25, 0.3) is 0 Å². The van der Waals surface area contributed by atoms with Crippen molar-refractivity contribution in [2.45, 2.75) is 45.3 Å². The summed E-state index contributed by atoms with van der Waals surface area (Å²) in [5.41, 5.74) is 1.71. The zero-order chi connectivity index (χ0) is 12.3. The second kappa shape index (κ2) is 5.50. The average Bonchev–Trinajstić information content (AvgIpc) is 3.15. The second-order valence-corrected chi connectivity index (χ2v) is 4.71. The Labute approximate surface area is 102 Å². The van der Waals surface area contributed by atoms with E-state index in [1.807, 2.05) is 0 Å². The fourth-order valence-corrected chi connectivity index (χ4v) is 2.18. The Kier molecular flexibility index (Phi) is 4.00. The number of hydrogen-bond acceptors (Lipinski definition) is 2. The summed E-state index contributed by atoms with van der Waals surface area (Å²) in [5, 5.41) is 9.33. The van der Waals surface area contributed by atoms with Crippen LogP contribution in [0, 0.1) is 5.82 Å². The monoisotopic (exact) mass is 237 g/mol. The van der Waals surface area contributed by atoms with Gasteiger partial charge in [-0.2, -0.15) is 0 Å². The Hall–Kier alpha value is -1.09. The van der Waals surface area contributed by atoms with Crippen LogP contribution in [0.15, 0.2) is 18.2 Å². The van der Waals surface area contributed by atoms with E-state index in [1.165, 1.54) is 25.0 Å². The summed E-state index contributed by atoms with van der Waals surface area (Å²) in [6, 6.07) is 5.32. The zero-order valence-corrected chi connectivity index (χ0v) is 10.3. The van der Waals surface area contributed by atoms with Crippen molar-refractivity contribution in [1.29, 1.82) is 0 Å². The lowest BCUT2D eigenvalue weighted by atomic mass is 10.1. The van der Waals surface area contributed by atoms with Crippen molar-refractivity contribution in [3.05, 3.63) is 29.6 Å². The SMILES string of the molecule is CCCCN(c1ccc(F)cc1CO)C1CC1. The van der Waals surface area contributed by atoms with Crippen molar-refractivity contribution in [3.63, 3.8) is 0 Å². The van der Waals surface area contributed by atoms with Crippen molar-refractivity contribution in [1.82, 2.24) is 0 Å². The zero-order valence-electron chi connectivity index (χ0n) is 10.3. The molecule has 1 aliphatic carbocycles. The molecule has 17 heavy (non-hydrogen) atoms. The summed E-state index contributed by atoms with van der Waals surface area (Å²) in [6.45, 7) is 3.07. The Morgan fingerprint density at radius 2 is 2.18 bits per heavy atom. The maximum absolute atomic E-state index is 13.1. The van der Waals surface area contributed by atoms with Gasteiger partial charge in [0.05, 0.1) is 6.61 Å². The van der Waals surface area contributed by atoms with Crippen molar-refractivity contribution in [3.8, 4) is 0 Å². The molecule has 0 aliphatic heterocycles. The Bertz CT molecular complexity index is 376. The molecule has 94 valence electrons. The summed E-state index contributed by atoms with van der Waals surface area (Å²) in [7, 11) is 0. The van der Waals surface area contributed by atoms with Crippen molar-refractivity contribution < 1.29 is 9.50 Å². The summed E-state index contributed by atoms with van der Waals surface area (Å²) in [6.07, 6.45) is 4.72. The first-order chi connectivity index (χ1) is 8.26. The van der Waals surface area contributed by atoms with E-state index >= 15 is 0 Å². The van der Waals surface area contributed by atoms with Gasteiger partial charge in [-0.15, -0.1) is 0 Å². The lowest BCUT2D eigenvalue weighted by Gasteiger charge is -2.26. The highest BCUT2D eigenvalue weighted by atomic mass is 19.1. The number of anilines is 1. The fraction of sp³-hybridized carbons (Fsp3) is 0.571. The van der Waals surface area contributed by atoms with E-state index in [2.05, 4.69) is 11.8 Å². The molecule has 1 fully saturated rings. The summed E-state index contributed by atoms with van der Waals surface area (Å²) in [5.74, 6) is -0.274. The van der Waals surface area contributed by atoms with E-state index in [4.69, 9.17) is 0 Å². The molecule has 1 N–H and O–H groups in total. The molecule has 0 amide bonds. The summed E-state index contributed by atoms with van der Waals surface area (Å²) in [4.78, 5) is 2.33. The number of halogens is 1. The van der Waals surface area contributed by atoms with Crippen LogP contribution in [0.1, 0.15) is 38.2 Å². The quantitative estimate of drug-likeness (QED) is 0.822. The highest BCUT2D eigenvalue weighted by molar-refractivity contribution is 5.55. The lowest BCUT2D eigenvalue weighted by Crippen LogP contribution is -2.27. The molecule has 0 radical (unpaired) electrons. The highest BCUT2D eigenvalue weighted by Gasteiger charge is 2.29.